The SMILES string of the molecule is CCN1CCNCC1(CC)C(=O)O. The predicted molar refractivity (Wildman–Crippen MR) is 50.8 cm³/mol. The van der Waals surface area contributed by atoms with Crippen molar-refractivity contribution in [1.29, 1.82) is 0 Å². The van der Waals surface area contributed by atoms with Crippen LogP contribution >= 0.6 is 0 Å². The molecule has 1 rings (SSSR count). The van der Waals surface area contributed by atoms with Crippen LogP contribution < -0.4 is 5.32 Å². The minimum atomic E-state index is -0.705. The van der Waals surface area contributed by atoms with Crippen molar-refractivity contribution >= 4 is 5.97 Å². The highest BCUT2D eigenvalue weighted by Gasteiger charge is 2.43. The Balaban J connectivity index is 2.84. The Bertz CT molecular complexity index is 196. The highest BCUT2D eigenvalue weighted by atomic mass is 16.4. The van der Waals surface area contributed by atoms with Gasteiger partial charge in [-0.3, -0.25) is 9.69 Å². The Morgan fingerprint density at radius 1 is 1.62 bits per heavy atom. The quantitative estimate of drug-likeness (QED) is 0.658. The number of carboxylic acid groups (broad SMARTS) is 1. The van der Waals surface area contributed by atoms with Crippen molar-refractivity contribution in [3.8, 4) is 0 Å². The van der Waals surface area contributed by atoms with Gasteiger partial charge in [0.1, 0.15) is 5.54 Å². The normalized spacial score (nSPS) is 30.3. The third-order valence-electron chi connectivity index (χ3n) is 2.95. The number of rotatable bonds is 3. The van der Waals surface area contributed by atoms with Crippen molar-refractivity contribution in [2.45, 2.75) is 25.8 Å². The zero-order chi connectivity index (χ0) is 9.90. The van der Waals surface area contributed by atoms with Gasteiger partial charge in [0.2, 0.25) is 0 Å². The summed E-state index contributed by atoms with van der Waals surface area (Å²) in [6.45, 7) is 7.04. The Hall–Kier alpha value is -0.610. The standard InChI is InChI=1S/C9H18N2O2/c1-3-9(8(12)13)7-10-5-6-11(9)4-2/h10H,3-7H2,1-2H3,(H,12,13). The second kappa shape index (κ2) is 4.07. The van der Waals surface area contributed by atoms with Crippen LogP contribution in [0.25, 0.3) is 0 Å². The molecular formula is C9H18N2O2. The van der Waals surface area contributed by atoms with Crippen molar-refractivity contribution in [3.63, 3.8) is 0 Å². The minimum absolute atomic E-state index is 0.562. The van der Waals surface area contributed by atoms with Gasteiger partial charge in [0.05, 0.1) is 0 Å². The summed E-state index contributed by atoms with van der Waals surface area (Å²) in [6.07, 6.45) is 0.656. The fourth-order valence-corrected chi connectivity index (χ4v) is 2.01. The number of carboxylic acids is 1. The van der Waals surface area contributed by atoms with Gasteiger partial charge < -0.3 is 10.4 Å². The average molecular weight is 186 g/mol. The maximum atomic E-state index is 11.2. The molecule has 0 spiro atoms. The number of hydrogen-bond acceptors (Lipinski definition) is 3. The van der Waals surface area contributed by atoms with Gasteiger partial charge in [-0.2, -0.15) is 0 Å². The molecule has 2 N–H and O–H groups in total. The Kier molecular flexibility index (Phi) is 3.27. The molecule has 76 valence electrons. The smallest absolute Gasteiger partial charge is 0.325 e. The van der Waals surface area contributed by atoms with E-state index in [1.165, 1.54) is 0 Å². The fraction of sp³-hybridized carbons (Fsp3) is 0.889. The van der Waals surface area contributed by atoms with E-state index in [2.05, 4.69) is 5.32 Å². The van der Waals surface area contributed by atoms with E-state index in [0.29, 0.717) is 13.0 Å². The first-order valence-corrected chi connectivity index (χ1v) is 4.86. The van der Waals surface area contributed by atoms with Crippen molar-refractivity contribution < 1.29 is 9.90 Å². The maximum absolute atomic E-state index is 11.2. The summed E-state index contributed by atoms with van der Waals surface area (Å²) in [6, 6.07) is 0. The van der Waals surface area contributed by atoms with Gasteiger partial charge in [-0.05, 0) is 13.0 Å². The lowest BCUT2D eigenvalue weighted by Crippen LogP contribution is -2.64. The first-order valence-electron chi connectivity index (χ1n) is 4.86. The number of nitrogens with one attached hydrogen (secondary N) is 1. The molecule has 0 aromatic heterocycles. The molecule has 13 heavy (non-hydrogen) atoms. The summed E-state index contributed by atoms with van der Waals surface area (Å²) in [5.41, 5.74) is -0.674. The van der Waals surface area contributed by atoms with Crippen LogP contribution in [0.4, 0.5) is 0 Å². The van der Waals surface area contributed by atoms with Crippen molar-refractivity contribution in [2.75, 3.05) is 26.2 Å². The number of aliphatic carboxylic acids is 1. The third kappa shape index (κ3) is 1.69. The zero-order valence-electron chi connectivity index (χ0n) is 8.34. The molecule has 0 saturated carbocycles. The van der Waals surface area contributed by atoms with E-state index in [0.717, 1.165) is 19.6 Å². The number of piperazine rings is 1. The number of hydrogen-bond donors (Lipinski definition) is 2. The number of carbonyl (C=O) groups is 1. The summed E-state index contributed by atoms with van der Waals surface area (Å²) in [5, 5.41) is 12.4. The van der Waals surface area contributed by atoms with Crippen molar-refractivity contribution in [3.05, 3.63) is 0 Å². The van der Waals surface area contributed by atoms with E-state index >= 15 is 0 Å². The Morgan fingerprint density at radius 2 is 2.31 bits per heavy atom. The number of nitrogens with zero attached hydrogens (tertiary/aromatic N) is 1. The average Bonchev–Trinajstić information content (AvgIpc) is 2.17. The molecule has 1 fully saturated rings. The molecule has 1 aliphatic heterocycles. The topological polar surface area (TPSA) is 52.6 Å². The molecule has 0 amide bonds. The van der Waals surface area contributed by atoms with Crippen LogP contribution in [0.2, 0.25) is 0 Å². The number of likely N-dealkylation sites (N-methyl/N-ethyl adjacent to an activating group) is 1. The molecular weight excluding hydrogens is 168 g/mol. The molecule has 0 aromatic rings. The summed E-state index contributed by atoms with van der Waals surface area (Å²) in [5.74, 6) is -0.705. The predicted octanol–water partition coefficient (Wildman–Crippen LogP) is 0.145. The molecule has 1 saturated heterocycles. The molecule has 1 heterocycles. The summed E-state index contributed by atoms with van der Waals surface area (Å²) < 4.78 is 0. The molecule has 1 aliphatic rings. The molecule has 0 bridgehead atoms. The second-order valence-corrected chi connectivity index (χ2v) is 3.45. The van der Waals surface area contributed by atoms with Gasteiger partial charge in [-0.15, -0.1) is 0 Å². The minimum Gasteiger partial charge on any atom is -0.480 e. The van der Waals surface area contributed by atoms with Gasteiger partial charge in [-0.1, -0.05) is 13.8 Å². The van der Waals surface area contributed by atoms with Crippen LogP contribution in [0.1, 0.15) is 20.3 Å². The van der Waals surface area contributed by atoms with Gasteiger partial charge in [0.25, 0.3) is 0 Å². The van der Waals surface area contributed by atoms with Crippen molar-refractivity contribution in [1.82, 2.24) is 10.2 Å². The molecule has 4 heteroatoms. The Morgan fingerprint density at radius 3 is 2.69 bits per heavy atom. The van der Waals surface area contributed by atoms with E-state index in [9.17, 15) is 9.90 Å². The van der Waals surface area contributed by atoms with Crippen LogP contribution in [0.5, 0.6) is 0 Å². The first-order chi connectivity index (χ1) is 6.17. The van der Waals surface area contributed by atoms with Crippen LogP contribution in [0.15, 0.2) is 0 Å². The maximum Gasteiger partial charge on any atom is 0.325 e. The highest BCUT2D eigenvalue weighted by molar-refractivity contribution is 5.79. The highest BCUT2D eigenvalue weighted by Crippen LogP contribution is 2.21. The second-order valence-electron chi connectivity index (χ2n) is 3.45. The van der Waals surface area contributed by atoms with E-state index in [1.807, 2.05) is 18.7 Å². The molecule has 1 atom stereocenters. The monoisotopic (exact) mass is 186 g/mol. The fourth-order valence-electron chi connectivity index (χ4n) is 2.01. The van der Waals surface area contributed by atoms with Gasteiger partial charge in [0.15, 0.2) is 0 Å². The van der Waals surface area contributed by atoms with E-state index in [4.69, 9.17) is 0 Å². The molecule has 1 unspecified atom stereocenters. The van der Waals surface area contributed by atoms with Crippen LogP contribution in [0.3, 0.4) is 0 Å². The van der Waals surface area contributed by atoms with E-state index in [-0.39, 0.29) is 0 Å². The molecule has 0 aliphatic carbocycles. The van der Waals surface area contributed by atoms with E-state index in [1.54, 1.807) is 0 Å². The van der Waals surface area contributed by atoms with E-state index < -0.39 is 11.5 Å². The van der Waals surface area contributed by atoms with Crippen LogP contribution in [-0.2, 0) is 4.79 Å². The lowest BCUT2D eigenvalue weighted by molar-refractivity contribution is -0.153. The lowest BCUT2D eigenvalue weighted by atomic mass is 9.92. The van der Waals surface area contributed by atoms with Gasteiger partial charge >= 0.3 is 5.97 Å². The third-order valence-corrected chi connectivity index (χ3v) is 2.95. The summed E-state index contributed by atoms with van der Waals surface area (Å²) >= 11 is 0. The lowest BCUT2D eigenvalue weighted by Gasteiger charge is -2.43. The molecule has 0 aromatic carbocycles. The summed E-state index contributed by atoms with van der Waals surface area (Å²) in [7, 11) is 0. The van der Waals surface area contributed by atoms with Crippen LogP contribution in [0, 0.1) is 0 Å². The first kappa shape index (κ1) is 10.5. The van der Waals surface area contributed by atoms with Crippen molar-refractivity contribution in [2.24, 2.45) is 0 Å². The summed E-state index contributed by atoms with van der Waals surface area (Å²) in [4.78, 5) is 13.2. The Labute approximate surface area is 78.9 Å². The molecule has 0 radical (unpaired) electrons. The molecule has 4 nitrogen and oxygen atoms in total. The van der Waals surface area contributed by atoms with Gasteiger partial charge in [-0.25, -0.2) is 0 Å². The van der Waals surface area contributed by atoms with Crippen LogP contribution in [-0.4, -0.2) is 47.7 Å². The largest absolute Gasteiger partial charge is 0.480 e. The zero-order valence-corrected chi connectivity index (χ0v) is 8.34. The van der Waals surface area contributed by atoms with Gasteiger partial charge in [0, 0.05) is 19.6 Å².